The van der Waals surface area contributed by atoms with Crippen LogP contribution in [0.4, 0.5) is 17.3 Å². The normalized spacial score (nSPS) is 17.5. The van der Waals surface area contributed by atoms with Gasteiger partial charge in [-0.15, -0.1) is 0 Å². The molecule has 3 N–H and O–H groups in total. The van der Waals surface area contributed by atoms with Gasteiger partial charge in [-0.2, -0.15) is 9.61 Å². The number of carbonyl (C=O) groups is 1. The molecule has 0 spiro atoms. The third kappa shape index (κ3) is 5.87. The Morgan fingerprint density at radius 1 is 1.10 bits per heavy atom. The van der Waals surface area contributed by atoms with E-state index in [1.54, 1.807) is 24.1 Å². The molecule has 4 rings (SSSR count). The van der Waals surface area contributed by atoms with Gasteiger partial charge < -0.3 is 20.9 Å². The summed E-state index contributed by atoms with van der Waals surface area (Å²) in [7, 11) is 0.177. The highest BCUT2D eigenvalue weighted by molar-refractivity contribution is 7.92. The molecule has 12 heteroatoms. The van der Waals surface area contributed by atoms with E-state index in [-0.39, 0.29) is 11.9 Å². The molecule has 40 heavy (non-hydrogen) atoms. The smallest absolute Gasteiger partial charge is 0.256 e. The van der Waals surface area contributed by atoms with Crippen LogP contribution in [0, 0.1) is 13.8 Å². The molecule has 1 unspecified atom stereocenters. The summed E-state index contributed by atoms with van der Waals surface area (Å²) in [5.41, 5.74) is 9.78. The van der Waals surface area contributed by atoms with Crippen molar-refractivity contribution in [2.24, 2.45) is 5.73 Å². The standard InChI is InChI=1S/C28H42N8O3S/c1-7-23-22-18-25-31-26(30-14-13-29)20(3)27(36(25)32-22)33(4)15-9-8-10-16-35(40(6,38)39)24-12-11-19(2)17-21(24)28(37)34(23)5/h11-12,17-18,23H,7-10,13-16,29H2,1-6H3,(H,30,31). The zero-order chi connectivity index (χ0) is 29.2. The number of carbonyl (C=O) groups excluding carboxylic acids is 1. The quantitative estimate of drug-likeness (QED) is 0.478. The highest BCUT2D eigenvalue weighted by Crippen LogP contribution is 2.33. The molecule has 0 radical (unpaired) electrons. The third-order valence-electron chi connectivity index (χ3n) is 7.55. The van der Waals surface area contributed by atoms with Crippen molar-refractivity contribution in [3.8, 4) is 0 Å². The van der Waals surface area contributed by atoms with E-state index in [0.29, 0.717) is 49.4 Å². The van der Waals surface area contributed by atoms with Crippen LogP contribution >= 0.6 is 0 Å². The minimum Gasteiger partial charge on any atom is -0.368 e. The minimum absolute atomic E-state index is 0.255. The average Bonchev–Trinajstić information content (AvgIpc) is 3.31. The first-order valence-corrected chi connectivity index (χ1v) is 15.7. The Morgan fingerprint density at radius 2 is 1.82 bits per heavy atom. The van der Waals surface area contributed by atoms with Gasteiger partial charge in [0.25, 0.3) is 5.91 Å². The molecule has 218 valence electrons. The van der Waals surface area contributed by atoms with E-state index in [0.717, 1.165) is 47.8 Å². The second-order valence-electron chi connectivity index (χ2n) is 10.6. The number of nitrogens with one attached hydrogen (secondary N) is 1. The topological polar surface area (TPSA) is 129 Å². The lowest BCUT2D eigenvalue weighted by atomic mass is 10.0. The predicted octanol–water partition coefficient (Wildman–Crippen LogP) is 3.33. The summed E-state index contributed by atoms with van der Waals surface area (Å²) >= 11 is 0. The third-order valence-corrected chi connectivity index (χ3v) is 8.73. The van der Waals surface area contributed by atoms with Crippen LogP contribution < -0.4 is 20.3 Å². The number of nitrogens with zero attached hydrogens (tertiary/aromatic N) is 6. The van der Waals surface area contributed by atoms with Crippen molar-refractivity contribution in [2.75, 3.05) is 61.1 Å². The Kier molecular flexibility index (Phi) is 8.89. The van der Waals surface area contributed by atoms with Crippen LogP contribution in [0.5, 0.6) is 0 Å². The number of nitrogens with two attached hydrogens (primary N) is 1. The molecule has 1 amide bonds. The molecular formula is C28H42N8O3S. The van der Waals surface area contributed by atoms with E-state index in [1.807, 2.05) is 44.5 Å². The summed E-state index contributed by atoms with van der Waals surface area (Å²) in [6, 6.07) is 6.96. The van der Waals surface area contributed by atoms with Gasteiger partial charge >= 0.3 is 0 Å². The first-order valence-electron chi connectivity index (χ1n) is 13.9. The number of fused-ring (bicyclic) bond motifs is 2. The monoisotopic (exact) mass is 570 g/mol. The lowest BCUT2D eigenvalue weighted by molar-refractivity contribution is 0.0723. The number of sulfonamides is 1. The van der Waals surface area contributed by atoms with Crippen molar-refractivity contribution in [2.45, 2.75) is 52.5 Å². The number of rotatable bonds is 5. The van der Waals surface area contributed by atoms with Gasteiger partial charge in [-0.25, -0.2) is 13.4 Å². The van der Waals surface area contributed by atoms with E-state index in [9.17, 15) is 13.2 Å². The molecule has 1 aromatic carbocycles. The molecule has 0 aliphatic carbocycles. The Bertz CT molecular complexity index is 1490. The van der Waals surface area contributed by atoms with Gasteiger partial charge in [0.05, 0.1) is 29.2 Å². The number of hydrogen-bond acceptors (Lipinski definition) is 8. The molecule has 2 bridgehead atoms. The Balaban J connectivity index is 1.89. The molecule has 11 nitrogen and oxygen atoms in total. The highest BCUT2D eigenvalue weighted by Gasteiger charge is 2.30. The van der Waals surface area contributed by atoms with Crippen molar-refractivity contribution < 1.29 is 13.2 Å². The average molecular weight is 571 g/mol. The van der Waals surface area contributed by atoms with E-state index >= 15 is 0 Å². The number of aryl methyl sites for hydroxylation is 1. The molecule has 0 fully saturated rings. The summed E-state index contributed by atoms with van der Waals surface area (Å²) in [5.74, 6) is 1.43. The molecule has 3 heterocycles. The van der Waals surface area contributed by atoms with Crippen LogP contribution in [0.25, 0.3) is 5.65 Å². The SMILES string of the molecule is CCC1c2cc3nc(NCCN)c(C)c(n3n2)N(C)CCCCCN(S(C)(=O)=O)c2ccc(C)cc2C(=O)N1C. The van der Waals surface area contributed by atoms with E-state index in [4.69, 9.17) is 15.8 Å². The van der Waals surface area contributed by atoms with Crippen molar-refractivity contribution in [3.05, 3.63) is 46.6 Å². The second-order valence-corrected chi connectivity index (χ2v) is 12.5. The first-order chi connectivity index (χ1) is 19.0. The van der Waals surface area contributed by atoms with E-state index in [1.165, 1.54) is 10.6 Å². The van der Waals surface area contributed by atoms with Gasteiger partial charge in [0.2, 0.25) is 10.0 Å². The van der Waals surface area contributed by atoms with E-state index < -0.39 is 10.0 Å². The molecule has 2 aromatic heterocycles. The maximum atomic E-state index is 14.0. The summed E-state index contributed by atoms with van der Waals surface area (Å²) in [4.78, 5) is 22.7. The van der Waals surface area contributed by atoms with Crippen molar-refractivity contribution in [1.82, 2.24) is 19.5 Å². The number of benzene rings is 1. The molecular weight excluding hydrogens is 528 g/mol. The Labute approximate surface area is 237 Å². The number of amides is 1. The van der Waals surface area contributed by atoms with Crippen LogP contribution in [0.3, 0.4) is 0 Å². The van der Waals surface area contributed by atoms with Crippen molar-refractivity contribution >= 4 is 38.9 Å². The lowest BCUT2D eigenvalue weighted by Crippen LogP contribution is -2.36. The van der Waals surface area contributed by atoms with Gasteiger partial charge in [0.15, 0.2) is 5.65 Å². The second kappa shape index (κ2) is 12.0. The van der Waals surface area contributed by atoms with Gasteiger partial charge in [-0.3, -0.25) is 9.10 Å². The molecule has 3 aromatic rings. The fraction of sp³-hybridized carbons (Fsp3) is 0.536. The maximum Gasteiger partial charge on any atom is 0.256 e. The van der Waals surface area contributed by atoms with Gasteiger partial charge in [0.1, 0.15) is 11.6 Å². The number of aromatic nitrogens is 3. The molecule has 1 aliphatic heterocycles. The molecule has 1 atom stereocenters. The van der Waals surface area contributed by atoms with E-state index in [2.05, 4.69) is 10.2 Å². The van der Waals surface area contributed by atoms with Crippen molar-refractivity contribution in [3.63, 3.8) is 0 Å². The van der Waals surface area contributed by atoms with Gasteiger partial charge in [0, 0.05) is 51.9 Å². The molecule has 0 saturated heterocycles. The summed E-state index contributed by atoms with van der Waals surface area (Å²) in [6.07, 6.45) is 4.16. The summed E-state index contributed by atoms with van der Waals surface area (Å²) in [6.45, 7) is 8.08. The fourth-order valence-corrected chi connectivity index (χ4v) is 6.44. The van der Waals surface area contributed by atoms with Crippen LogP contribution in [-0.2, 0) is 10.0 Å². The summed E-state index contributed by atoms with van der Waals surface area (Å²) < 4.78 is 29.1. The number of hydrogen-bond donors (Lipinski definition) is 2. The lowest BCUT2D eigenvalue weighted by Gasteiger charge is -2.30. The van der Waals surface area contributed by atoms with Crippen LogP contribution in [0.2, 0.25) is 0 Å². The molecule has 0 saturated carbocycles. The zero-order valence-electron chi connectivity index (χ0n) is 24.4. The van der Waals surface area contributed by atoms with Gasteiger partial charge in [-0.05, 0) is 51.7 Å². The van der Waals surface area contributed by atoms with Crippen LogP contribution in [0.15, 0.2) is 24.3 Å². The van der Waals surface area contributed by atoms with Crippen LogP contribution in [-0.4, -0.2) is 80.4 Å². The largest absolute Gasteiger partial charge is 0.368 e. The number of anilines is 3. The maximum absolute atomic E-state index is 14.0. The Morgan fingerprint density at radius 3 is 2.50 bits per heavy atom. The minimum atomic E-state index is -3.61. The van der Waals surface area contributed by atoms with Gasteiger partial charge in [-0.1, -0.05) is 18.6 Å². The van der Waals surface area contributed by atoms with Crippen molar-refractivity contribution in [1.29, 1.82) is 0 Å². The zero-order valence-corrected chi connectivity index (χ0v) is 25.3. The predicted molar refractivity (Wildman–Crippen MR) is 161 cm³/mol. The fourth-order valence-electron chi connectivity index (χ4n) is 5.46. The first kappa shape index (κ1) is 29.6. The summed E-state index contributed by atoms with van der Waals surface area (Å²) in [5, 5.41) is 8.32. The highest BCUT2D eigenvalue weighted by atomic mass is 32.2. The Hall–Kier alpha value is -3.38. The molecule has 1 aliphatic rings. The van der Waals surface area contributed by atoms with Crippen LogP contribution in [0.1, 0.15) is 65.8 Å².